The second-order valence-corrected chi connectivity index (χ2v) is 6.68. The fourth-order valence-corrected chi connectivity index (χ4v) is 3.79. The molecule has 0 saturated carbocycles. The van der Waals surface area contributed by atoms with Crippen molar-refractivity contribution in [1.29, 1.82) is 0 Å². The van der Waals surface area contributed by atoms with Gasteiger partial charge in [-0.25, -0.2) is 0 Å². The molecular formula is C16H15ClN2O2S. The van der Waals surface area contributed by atoms with Crippen LogP contribution in [0.15, 0.2) is 52.3 Å². The minimum Gasteiger partial charge on any atom is -0.348 e. The maximum absolute atomic E-state index is 12.2. The number of carbonyl (C=O) groups excluding carboxylic acids is 1. The summed E-state index contributed by atoms with van der Waals surface area (Å²) in [5.41, 5.74) is 0.873. The molecular weight excluding hydrogens is 320 g/mol. The van der Waals surface area contributed by atoms with E-state index in [1.807, 2.05) is 18.2 Å². The van der Waals surface area contributed by atoms with Crippen LogP contribution in [-0.4, -0.2) is 16.2 Å². The van der Waals surface area contributed by atoms with Gasteiger partial charge in [0.2, 0.25) is 5.91 Å². The highest BCUT2D eigenvalue weighted by Crippen LogP contribution is 2.37. The van der Waals surface area contributed by atoms with Crippen molar-refractivity contribution in [3.63, 3.8) is 0 Å². The molecule has 0 saturated heterocycles. The Morgan fingerprint density at radius 2 is 2.23 bits per heavy atom. The number of hydrogen-bond acceptors (Lipinski definition) is 3. The van der Waals surface area contributed by atoms with E-state index in [9.17, 15) is 9.59 Å². The number of benzene rings is 1. The monoisotopic (exact) mass is 334 g/mol. The summed E-state index contributed by atoms with van der Waals surface area (Å²) in [6.07, 6.45) is 2.47. The number of nitrogens with zero attached hydrogens (tertiary/aromatic N) is 1. The Hall–Kier alpha value is -1.72. The van der Waals surface area contributed by atoms with Gasteiger partial charge in [-0.1, -0.05) is 17.7 Å². The van der Waals surface area contributed by atoms with Crippen molar-refractivity contribution >= 4 is 29.3 Å². The first kappa shape index (κ1) is 15.2. The SMILES string of the molecule is O=C(Cn1ccccc1=O)N[C@@H]1CCSc2ccc(Cl)cc21. The zero-order valence-electron chi connectivity index (χ0n) is 11.8. The highest BCUT2D eigenvalue weighted by Gasteiger charge is 2.22. The lowest BCUT2D eigenvalue weighted by Gasteiger charge is -2.26. The van der Waals surface area contributed by atoms with Gasteiger partial charge >= 0.3 is 0 Å². The molecule has 0 fully saturated rings. The van der Waals surface area contributed by atoms with Crippen LogP contribution >= 0.6 is 23.4 Å². The van der Waals surface area contributed by atoms with Crippen LogP contribution < -0.4 is 10.9 Å². The van der Waals surface area contributed by atoms with Gasteiger partial charge in [0.25, 0.3) is 5.56 Å². The van der Waals surface area contributed by atoms with E-state index >= 15 is 0 Å². The van der Waals surface area contributed by atoms with E-state index in [0.717, 1.165) is 22.6 Å². The van der Waals surface area contributed by atoms with Gasteiger partial charge in [-0.05, 0) is 36.2 Å². The summed E-state index contributed by atoms with van der Waals surface area (Å²) < 4.78 is 1.39. The minimum absolute atomic E-state index is 0.0270. The third-order valence-electron chi connectivity index (χ3n) is 3.56. The van der Waals surface area contributed by atoms with Crippen LogP contribution in [0.1, 0.15) is 18.0 Å². The molecule has 4 nitrogen and oxygen atoms in total. The molecule has 0 spiro atoms. The molecule has 2 aromatic rings. The Kier molecular flexibility index (Phi) is 4.55. The summed E-state index contributed by atoms with van der Waals surface area (Å²) in [6.45, 7) is 0.0270. The predicted molar refractivity (Wildman–Crippen MR) is 88.4 cm³/mol. The average Bonchev–Trinajstić information content (AvgIpc) is 2.50. The van der Waals surface area contributed by atoms with Crippen LogP contribution in [0.25, 0.3) is 0 Å². The first-order valence-electron chi connectivity index (χ1n) is 7.00. The number of fused-ring (bicyclic) bond motifs is 1. The fourth-order valence-electron chi connectivity index (χ4n) is 2.50. The Morgan fingerprint density at radius 3 is 3.05 bits per heavy atom. The van der Waals surface area contributed by atoms with Crippen LogP contribution in [0, 0.1) is 0 Å². The molecule has 1 amide bonds. The zero-order valence-corrected chi connectivity index (χ0v) is 13.4. The number of amides is 1. The summed E-state index contributed by atoms with van der Waals surface area (Å²) in [5.74, 6) is 0.779. The number of carbonyl (C=O) groups is 1. The molecule has 1 N–H and O–H groups in total. The van der Waals surface area contributed by atoms with Gasteiger partial charge in [0.15, 0.2) is 0 Å². The van der Waals surface area contributed by atoms with Crippen LogP contribution in [0.4, 0.5) is 0 Å². The molecule has 3 rings (SSSR count). The first-order chi connectivity index (χ1) is 10.6. The lowest BCUT2D eigenvalue weighted by Crippen LogP contribution is -2.35. The molecule has 1 aliphatic heterocycles. The number of aromatic nitrogens is 1. The number of rotatable bonds is 3. The molecule has 1 aliphatic rings. The summed E-state index contributed by atoms with van der Waals surface area (Å²) in [7, 11) is 0. The van der Waals surface area contributed by atoms with Gasteiger partial charge in [0, 0.05) is 27.9 Å². The molecule has 0 bridgehead atoms. The normalized spacial score (nSPS) is 16.9. The third kappa shape index (κ3) is 3.36. The first-order valence-corrected chi connectivity index (χ1v) is 8.37. The lowest BCUT2D eigenvalue weighted by atomic mass is 10.0. The zero-order chi connectivity index (χ0) is 15.5. The van der Waals surface area contributed by atoms with Crippen LogP contribution in [0.5, 0.6) is 0 Å². The van der Waals surface area contributed by atoms with Gasteiger partial charge in [-0.3, -0.25) is 9.59 Å². The molecule has 0 unspecified atom stereocenters. The highest BCUT2D eigenvalue weighted by molar-refractivity contribution is 7.99. The lowest BCUT2D eigenvalue weighted by molar-refractivity contribution is -0.122. The standard InChI is InChI=1S/C16H15ClN2O2S/c17-11-4-5-14-12(9-11)13(6-8-22-14)18-15(20)10-19-7-2-1-3-16(19)21/h1-5,7,9,13H,6,8,10H2,(H,18,20)/t13-/m1/s1. The Labute approximate surface area is 137 Å². The maximum Gasteiger partial charge on any atom is 0.250 e. The summed E-state index contributed by atoms with van der Waals surface area (Å²) >= 11 is 7.83. The number of thioether (sulfide) groups is 1. The van der Waals surface area contributed by atoms with Gasteiger partial charge in [0.1, 0.15) is 6.54 Å². The molecule has 1 aromatic carbocycles. The van der Waals surface area contributed by atoms with E-state index < -0.39 is 0 Å². The summed E-state index contributed by atoms with van der Waals surface area (Å²) in [4.78, 5) is 25.0. The Balaban J connectivity index is 1.74. The van der Waals surface area contributed by atoms with Gasteiger partial charge in [-0.15, -0.1) is 11.8 Å². The van der Waals surface area contributed by atoms with Crippen LogP contribution in [0.3, 0.4) is 0 Å². The largest absolute Gasteiger partial charge is 0.348 e. The number of pyridine rings is 1. The van der Waals surface area contributed by atoms with E-state index in [0.29, 0.717) is 5.02 Å². The molecule has 22 heavy (non-hydrogen) atoms. The number of nitrogens with one attached hydrogen (secondary N) is 1. The maximum atomic E-state index is 12.2. The third-order valence-corrected chi connectivity index (χ3v) is 4.92. The minimum atomic E-state index is -0.180. The van der Waals surface area contributed by atoms with Crippen molar-refractivity contribution in [3.05, 3.63) is 63.5 Å². The van der Waals surface area contributed by atoms with Gasteiger partial charge < -0.3 is 9.88 Å². The second kappa shape index (κ2) is 6.58. The highest BCUT2D eigenvalue weighted by atomic mass is 35.5. The van der Waals surface area contributed by atoms with E-state index in [-0.39, 0.29) is 24.1 Å². The van der Waals surface area contributed by atoms with E-state index in [1.165, 1.54) is 10.6 Å². The van der Waals surface area contributed by atoms with Crippen molar-refractivity contribution in [2.24, 2.45) is 0 Å². The van der Waals surface area contributed by atoms with E-state index in [4.69, 9.17) is 11.6 Å². The quantitative estimate of drug-likeness (QED) is 0.939. The average molecular weight is 335 g/mol. The molecule has 1 aromatic heterocycles. The van der Waals surface area contributed by atoms with E-state index in [2.05, 4.69) is 5.32 Å². The summed E-state index contributed by atoms with van der Waals surface area (Å²) in [5, 5.41) is 3.67. The molecule has 1 atom stereocenters. The predicted octanol–water partition coefficient (Wildman–Crippen LogP) is 2.86. The molecule has 2 heterocycles. The van der Waals surface area contributed by atoms with Crippen molar-refractivity contribution in [2.75, 3.05) is 5.75 Å². The molecule has 114 valence electrons. The van der Waals surface area contributed by atoms with Gasteiger partial charge in [0.05, 0.1) is 6.04 Å². The van der Waals surface area contributed by atoms with Crippen LogP contribution in [-0.2, 0) is 11.3 Å². The van der Waals surface area contributed by atoms with Crippen LogP contribution in [0.2, 0.25) is 5.02 Å². The number of hydrogen-bond donors (Lipinski definition) is 1. The Morgan fingerprint density at radius 1 is 1.36 bits per heavy atom. The summed E-state index contributed by atoms with van der Waals surface area (Å²) in [6, 6.07) is 10.5. The molecule has 6 heteroatoms. The van der Waals surface area contributed by atoms with Crippen molar-refractivity contribution in [1.82, 2.24) is 9.88 Å². The van der Waals surface area contributed by atoms with E-state index in [1.54, 1.807) is 30.1 Å². The van der Waals surface area contributed by atoms with Crippen molar-refractivity contribution < 1.29 is 4.79 Å². The van der Waals surface area contributed by atoms with Crippen molar-refractivity contribution in [3.8, 4) is 0 Å². The number of halogens is 1. The fraction of sp³-hybridized carbons (Fsp3) is 0.250. The molecule has 0 aliphatic carbocycles. The second-order valence-electron chi connectivity index (χ2n) is 5.11. The topological polar surface area (TPSA) is 51.1 Å². The van der Waals surface area contributed by atoms with Crippen molar-refractivity contribution in [2.45, 2.75) is 23.9 Å². The smallest absolute Gasteiger partial charge is 0.250 e. The van der Waals surface area contributed by atoms with Gasteiger partial charge in [-0.2, -0.15) is 0 Å². The molecule has 0 radical (unpaired) electrons. The Bertz CT molecular complexity index is 760.